The highest BCUT2D eigenvalue weighted by Gasteiger charge is 2.34. The van der Waals surface area contributed by atoms with Gasteiger partial charge in [0.05, 0.1) is 23.0 Å². The van der Waals surface area contributed by atoms with Gasteiger partial charge in [-0.3, -0.25) is 9.59 Å². The standard InChI is InChI=1S/C18H24N2O6S2/c1-19(15-7-9-27(23,24)11-15)17(21)13-3-5-14(6-4-13)18(22)20(2)16-8-10-28(25,26)12-16/h3-6,15-16H,7-12H2,1-2H3/t15-,16-/m0/s1. The molecule has 8 nitrogen and oxygen atoms in total. The number of rotatable bonds is 4. The van der Waals surface area contributed by atoms with E-state index in [0.29, 0.717) is 24.0 Å². The Morgan fingerprint density at radius 2 is 1.07 bits per heavy atom. The third-order valence-corrected chi connectivity index (χ3v) is 9.03. The SMILES string of the molecule is CN(C(=O)c1ccc(C(=O)N(C)[C@H]2CCS(=O)(=O)C2)cc1)[C@H]1CCS(=O)(=O)C1. The molecule has 0 radical (unpaired) electrons. The molecule has 0 saturated carbocycles. The van der Waals surface area contributed by atoms with Crippen LogP contribution in [0.2, 0.25) is 0 Å². The number of nitrogens with zero attached hydrogens (tertiary/aromatic N) is 2. The molecule has 0 aliphatic carbocycles. The van der Waals surface area contributed by atoms with Crippen molar-refractivity contribution < 1.29 is 26.4 Å². The normalized spacial score (nSPS) is 25.4. The fourth-order valence-electron chi connectivity index (χ4n) is 3.66. The maximum Gasteiger partial charge on any atom is 0.253 e. The molecule has 0 bridgehead atoms. The van der Waals surface area contributed by atoms with Crippen molar-refractivity contribution in [1.82, 2.24) is 9.80 Å². The summed E-state index contributed by atoms with van der Waals surface area (Å²) in [5.41, 5.74) is 0.740. The zero-order chi connectivity index (χ0) is 20.7. The predicted octanol–water partition coefficient (Wildman–Crippen LogP) is 0.205. The Morgan fingerprint density at radius 3 is 1.32 bits per heavy atom. The summed E-state index contributed by atoms with van der Waals surface area (Å²) >= 11 is 0. The van der Waals surface area contributed by atoms with E-state index in [4.69, 9.17) is 0 Å². The number of benzene rings is 1. The average Bonchev–Trinajstić information content (AvgIpc) is 3.20. The first-order chi connectivity index (χ1) is 13.0. The van der Waals surface area contributed by atoms with Crippen LogP contribution in [0.1, 0.15) is 33.6 Å². The fraction of sp³-hybridized carbons (Fsp3) is 0.556. The number of sulfone groups is 2. The highest BCUT2D eigenvalue weighted by atomic mass is 32.2. The van der Waals surface area contributed by atoms with E-state index < -0.39 is 19.7 Å². The van der Waals surface area contributed by atoms with Crippen LogP contribution in [0.3, 0.4) is 0 Å². The Balaban J connectivity index is 1.67. The largest absolute Gasteiger partial charge is 0.338 e. The van der Waals surface area contributed by atoms with Gasteiger partial charge >= 0.3 is 0 Å². The van der Waals surface area contributed by atoms with Crippen molar-refractivity contribution in [3.8, 4) is 0 Å². The fourth-order valence-corrected chi connectivity index (χ4v) is 7.20. The van der Waals surface area contributed by atoms with Crippen LogP contribution in [0.15, 0.2) is 24.3 Å². The molecule has 2 saturated heterocycles. The summed E-state index contributed by atoms with van der Waals surface area (Å²) in [6, 6.07) is 5.47. The zero-order valence-corrected chi connectivity index (χ0v) is 17.5. The lowest BCUT2D eigenvalue weighted by atomic mass is 10.1. The van der Waals surface area contributed by atoms with Gasteiger partial charge in [-0.1, -0.05) is 0 Å². The Labute approximate surface area is 165 Å². The summed E-state index contributed by atoms with van der Waals surface area (Å²) in [6.07, 6.45) is 0.854. The van der Waals surface area contributed by atoms with E-state index in [9.17, 15) is 26.4 Å². The second-order valence-electron chi connectivity index (χ2n) is 7.52. The Hall–Kier alpha value is -1.94. The van der Waals surface area contributed by atoms with E-state index in [-0.39, 0.29) is 46.9 Å². The van der Waals surface area contributed by atoms with E-state index in [1.54, 1.807) is 14.1 Å². The van der Waals surface area contributed by atoms with Crippen LogP contribution in [0.5, 0.6) is 0 Å². The van der Waals surface area contributed by atoms with Crippen LogP contribution in [0.25, 0.3) is 0 Å². The Kier molecular flexibility index (Phi) is 5.55. The quantitative estimate of drug-likeness (QED) is 0.678. The van der Waals surface area contributed by atoms with Gasteiger partial charge in [0.1, 0.15) is 0 Å². The monoisotopic (exact) mass is 428 g/mol. The lowest BCUT2D eigenvalue weighted by Crippen LogP contribution is -2.38. The maximum atomic E-state index is 12.6. The molecule has 28 heavy (non-hydrogen) atoms. The van der Waals surface area contributed by atoms with Gasteiger partial charge in [-0.2, -0.15) is 0 Å². The van der Waals surface area contributed by atoms with E-state index in [0.717, 1.165) is 0 Å². The van der Waals surface area contributed by atoms with Gasteiger partial charge in [0.2, 0.25) is 0 Å². The number of amides is 2. The Bertz CT molecular complexity index is 904. The molecule has 154 valence electrons. The van der Waals surface area contributed by atoms with E-state index in [1.807, 2.05) is 0 Å². The number of hydrogen-bond donors (Lipinski definition) is 0. The molecule has 2 amide bonds. The van der Waals surface area contributed by atoms with Gasteiger partial charge < -0.3 is 9.80 Å². The number of carbonyl (C=O) groups is 2. The molecule has 1 aromatic rings. The molecule has 2 aliphatic heterocycles. The molecule has 0 N–H and O–H groups in total. The molecule has 0 unspecified atom stereocenters. The molecule has 1 aromatic carbocycles. The highest BCUT2D eigenvalue weighted by molar-refractivity contribution is 7.91. The van der Waals surface area contributed by atoms with Crippen molar-refractivity contribution in [3.63, 3.8) is 0 Å². The van der Waals surface area contributed by atoms with Gasteiger partial charge in [-0.05, 0) is 37.1 Å². The first kappa shape index (κ1) is 20.8. The molecule has 2 atom stereocenters. The molecule has 2 aliphatic rings. The summed E-state index contributed by atoms with van der Waals surface area (Å²) in [5, 5.41) is 0. The average molecular weight is 429 g/mol. The minimum atomic E-state index is -3.09. The molecule has 3 rings (SSSR count). The third kappa shape index (κ3) is 4.38. The van der Waals surface area contributed by atoms with Crippen LogP contribution in [0, 0.1) is 0 Å². The van der Waals surface area contributed by atoms with Crippen molar-refractivity contribution >= 4 is 31.5 Å². The molecule has 0 aromatic heterocycles. The molecule has 2 heterocycles. The van der Waals surface area contributed by atoms with Crippen LogP contribution >= 0.6 is 0 Å². The van der Waals surface area contributed by atoms with E-state index >= 15 is 0 Å². The second-order valence-corrected chi connectivity index (χ2v) is 12.0. The number of carbonyl (C=O) groups excluding carboxylic acids is 2. The zero-order valence-electron chi connectivity index (χ0n) is 15.9. The number of hydrogen-bond acceptors (Lipinski definition) is 6. The summed E-state index contributed by atoms with van der Waals surface area (Å²) in [7, 11) is -3.01. The van der Waals surface area contributed by atoms with Gasteiger partial charge in [0.15, 0.2) is 19.7 Å². The van der Waals surface area contributed by atoms with Crippen molar-refractivity contribution in [2.24, 2.45) is 0 Å². The Morgan fingerprint density at radius 1 is 0.750 bits per heavy atom. The van der Waals surface area contributed by atoms with Crippen LogP contribution < -0.4 is 0 Å². The summed E-state index contributed by atoms with van der Waals surface area (Å²) < 4.78 is 46.5. The smallest absolute Gasteiger partial charge is 0.253 e. The summed E-state index contributed by atoms with van der Waals surface area (Å²) in [6.45, 7) is 0. The van der Waals surface area contributed by atoms with Crippen LogP contribution in [0.4, 0.5) is 0 Å². The molecule has 2 fully saturated rings. The molecule has 10 heteroatoms. The third-order valence-electron chi connectivity index (χ3n) is 5.53. The minimum absolute atomic E-state index is 0.0269. The van der Waals surface area contributed by atoms with Crippen molar-refractivity contribution in [2.45, 2.75) is 24.9 Å². The lowest BCUT2D eigenvalue weighted by molar-refractivity contribution is 0.0735. The highest BCUT2D eigenvalue weighted by Crippen LogP contribution is 2.21. The first-order valence-electron chi connectivity index (χ1n) is 9.04. The summed E-state index contributed by atoms with van der Waals surface area (Å²) in [5.74, 6) is -0.465. The van der Waals surface area contributed by atoms with Crippen molar-refractivity contribution in [3.05, 3.63) is 35.4 Å². The molecular weight excluding hydrogens is 404 g/mol. The van der Waals surface area contributed by atoms with Gasteiger partial charge in [0.25, 0.3) is 11.8 Å². The molecular formula is C18H24N2O6S2. The minimum Gasteiger partial charge on any atom is -0.338 e. The van der Waals surface area contributed by atoms with Crippen molar-refractivity contribution in [1.29, 1.82) is 0 Å². The second kappa shape index (κ2) is 7.47. The maximum absolute atomic E-state index is 12.6. The molecule has 0 spiro atoms. The van der Waals surface area contributed by atoms with Crippen LogP contribution in [-0.4, -0.2) is 87.6 Å². The van der Waals surface area contributed by atoms with Crippen LogP contribution in [-0.2, 0) is 19.7 Å². The first-order valence-corrected chi connectivity index (χ1v) is 12.7. The van der Waals surface area contributed by atoms with E-state index in [1.165, 1.54) is 34.1 Å². The lowest BCUT2D eigenvalue weighted by Gasteiger charge is -2.24. The van der Waals surface area contributed by atoms with Gasteiger partial charge in [0, 0.05) is 37.3 Å². The summed E-state index contributed by atoms with van der Waals surface area (Å²) in [4.78, 5) is 28.1. The van der Waals surface area contributed by atoms with E-state index in [2.05, 4.69) is 0 Å². The van der Waals surface area contributed by atoms with Gasteiger partial charge in [-0.15, -0.1) is 0 Å². The van der Waals surface area contributed by atoms with Gasteiger partial charge in [-0.25, -0.2) is 16.8 Å². The topological polar surface area (TPSA) is 109 Å². The van der Waals surface area contributed by atoms with Crippen molar-refractivity contribution in [2.75, 3.05) is 37.1 Å². The predicted molar refractivity (Wildman–Crippen MR) is 105 cm³/mol.